The Hall–Kier alpha value is -3.57. The second-order valence-electron chi connectivity index (χ2n) is 6.97. The van der Waals surface area contributed by atoms with Crippen LogP contribution in [0.15, 0.2) is 85.1 Å². The number of carbonyl (C=O) groups is 1. The van der Waals surface area contributed by atoms with E-state index in [1.807, 2.05) is 72.9 Å². The molecule has 5 nitrogen and oxygen atoms in total. The number of benzene rings is 3. The zero-order chi connectivity index (χ0) is 20.1. The van der Waals surface area contributed by atoms with E-state index in [0.717, 1.165) is 34.3 Å². The molecule has 0 spiro atoms. The first-order valence-corrected chi connectivity index (χ1v) is 9.55. The Bertz CT molecular complexity index is 1110. The van der Waals surface area contributed by atoms with Crippen LogP contribution in [0.1, 0.15) is 16.7 Å². The number of carbonyl (C=O) groups excluding carboxylic acids is 1. The summed E-state index contributed by atoms with van der Waals surface area (Å²) in [5.74, 6) is 5.85. The number of hydrazine groups is 1. The van der Waals surface area contributed by atoms with Gasteiger partial charge in [0.25, 0.3) is 0 Å². The van der Waals surface area contributed by atoms with Gasteiger partial charge in [-0.25, -0.2) is 5.84 Å². The quantitative estimate of drug-likeness (QED) is 0.289. The van der Waals surface area contributed by atoms with Gasteiger partial charge in [-0.3, -0.25) is 10.2 Å². The average Bonchev–Trinajstić information content (AvgIpc) is 3.10. The maximum Gasteiger partial charge on any atom is 0.238 e. The maximum atomic E-state index is 11.9. The average molecular weight is 385 g/mol. The number of amides is 1. The van der Waals surface area contributed by atoms with E-state index in [4.69, 9.17) is 10.6 Å². The fraction of sp³-hybridized carbons (Fsp3) is 0.125. The lowest BCUT2D eigenvalue weighted by Crippen LogP contribution is -2.31. The minimum absolute atomic E-state index is 0.219. The summed E-state index contributed by atoms with van der Waals surface area (Å²) in [7, 11) is 0. The molecule has 0 atom stereocenters. The molecule has 0 radical (unpaired) electrons. The predicted molar refractivity (Wildman–Crippen MR) is 114 cm³/mol. The second kappa shape index (κ2) is 8.63. The summed E-state index contributed by atoms with van der Waals surface area (Å²) >= 11 is 0. The van der Waals surface area contributed by atoms with Gasteiger partial charge >= 0.3 is 0 Å². The lowest BCUT2D eigenvalue weighted by molar-refractivity contribution is -0.120. The van der Waals surface area contributed by atoms with E-state index in [1.54, 1.807) is 0 Å². The summed E-state index contributed by atoms with van der Waals surface area (Å²) < 4.78 is 8.14. The van der Waals surface area contributed by atoms with Crippen molar-refractivity contribution in [2.24, 2.45) is 5.84 Å². The van der Waals surface area contributed by atoms with Gasteiger partial charge in [0.1, 0.15) is 12.4 Å². The highest BCUT2D eigenvalue weighted by molar-refractivity contribution is 5.90. The molecule has 0 saturated heterocycles. The van der Waals surface area contributed by atoms with Crippen molar-refractivity contribution in [1.29, 1.82) is 0 Å². The third-order valence-corrected chi connectivity index (χ3v) is 4.89. The van der Waals surface area contributed by atoms with Crippen molar-refractivity contribution in [3.8, 4) is 5.75 Å². The van der Waals surface area contributed by atoms with Crippen LogP contribution in [0.2, 0.25) is 0 Å². The van der Waals surface area contributed by atoms with E-state index in [0.29, 0.717) is 6.61 Å². The number of fused-ring (bicyclic) bond motifs is 1. The molecule has 0 fully saturated rings. The van der Waals surface area contributed by atoms with Gasteiger partial charge < -0.3 is 9.30 Å². The van der Waals surface area contributed by atoms with Crippen molar-refractivity contribution >= 4 is 16.8 Å². The van der Waals surface area contributed by atoms with E-state index in [-0.39, 0.29) is 12.3 Å². The van der Waals surface area contributed by atoms with Crippen LogP contribution in [0.4, 0.5) is 0 Å². The van der Waals surface area contributed by atoms with E-state index in [9.17, 15) is 4.79 Å². The molecule has 4 rings (SSSR count). The van der Waals surface area contributed by atoms with Crippen LogP contribution in [-0.2, 0) is 24.4 Å². The molecule has 5 heteroatoms. The SMILES string of the molecule is NNC(=O)Cc1cn(Cc2ccccc2)c2ccc(OCc3ccccc3)cc12. The number of nitrogens with zero attached hydrogens (tertiary/aromatic N) is 1. The molecule has 0 bridgehead atoms. The molecule has 29 heavy (non-hydrogen) atoms. The molecule has 0 aliphatic rings. The highest BCUT2D eigenvalue weighted by atomic mass is 16.5. The first-order valence-electron chi connectivity index (χ1n) is 9.55. The molecule has 0 unspecified atom stereocenters. The largest absolute Gasteiger partial charge is 0.489 e. The molecule has 3 N–H and O–H groups in total. The summed E-state index contributed by atoms with van der Waals surface area (Å²) in [6.45, 7) is 1.22. The molecule has 146 valence electrons. The lowest BCUT2D eigenvalue weighted by atomic mass is 10.1. The molecule has 3 aromatic carbocycles. The van der Waals surface area contributed by atoms with Gasteiger partial charge in [0, 0.05) is 23.6 Å². The van der Waals surface area contributed by atoms with E-state index in [1.165, 1.54) is 5.56 Å². The molecular formula is C24H23N3O2. The highest BCUT2D eigenvalue weighted by Gasteiger charge is 2.13. The van der Waals surface area contributed by atoms with Crippen molar-refractivity contribution in [3.05, 3.63) is 102 Å². The van der Waals surface area contributed by atoms with Gasteiger partial charge in [0.05, 0.1) is 6.42 Å². The van der Waals surface area contributed by atoms with Crippen molar-refractivity contribution in [2.45, 2.75) is 19.6 Å². The monoisotopic (exact) mass is 385 g/mol. The third kappa shape index (κ3) is 4.47. The first kappa shape index (κ1) is 18.8. The fourth-order valence-corrected chi connectivity index (χ4v) is 3.46. The summed E-state index contributed by atoms with van der Waals surface area (Å²) in [4.78, 5) is 11.9. The number of nitrogens with one attached hydrogen (secondary N) is 1. The standard InChI is InChI=1S/C24H23N3O2/c25-26-24(28)13-20-16-27(15-18-7-3-1-4-8-18)23-12-11-21(14-22(20)23)29-17-19-9-5-2-6-10-19/h1-12,14,16H,13,15,17,25H2,(H,26,28). The van der Waals surface area contributed by atoms with Crippen molar-refractivity contribution in [2.75, 3.05) is 0 Å². The van der Waals surface area contributed by atoms with Gasteiger partial charge in [-0.1, -0.05) is 60.7 Å². The molecule has 0 saturated carbocycles. The maximum absolute atomic E-state index is 11.9. The summed E-state index contributed by atoms with van der Waals surface area (Å²) in [6.07, 6.45) is 2.24. The van der Waals surface area contributed by atoms with Crippen molar-refractivity contribution < 1.29 is 9.53 Å². The van der Waals surface area contributed by atoms with Crippen LogP contribution in [-0.4, -0.2) is 10.5 Å². The smallest absolute Gasteiger partial charge is 0.238 e. The number of ether oxygens (including phenoxy) is 1. The van der Waals surface area contributed by atoms with E-state index in [2.05, 4.69) is 22.1 Å². The molecule has 1 aromatic heterocycles. The number of nitrogens with two attached hydrogens (primary N) is 1. The van der Waals surface area contributed by atoms with Crippen LogP contribution in [0.5, 0.6) is 5.75 Å². The Morgan fingerprint density at radius 3 is 2.31 bits per heavy atom. The predicted octanol–water partition coefficient (Wildman–Crippen LogP) is 3.80. The molecular weight excluding hydrogens is 362 g/mol. The Morgan fingerprint density at radius 2 is 1.62 bits per heavy atom. The molecule has 0 aliphatic heterocycles. The minimum Gasteiger partial charge on any atom is -0.489 e. The van der Waals surface area contributed by atoms with Gasteiger partial charge in [0.2, 0.25) is 5.91 Å². The van der Waals surface area contributed by atoms with E-state index < -0.39 is 0 Å². The first-order chi connectivity index (χ1) is 14.2. The van der Waals surface area contributed by atoms with Gasteiger partial charge in [-0.2, -0.15) is 0 Å². The molecule has 1 heterocycles. The number of hydrogen-bond acceptors (Lipinski definition) is 3. The Labute approximate surface area is 169 Å². The van der Waals surface area contributed by atoms with Gasteiger partial charge in [0.15, 0.2) is 0 Å². The Kier molecular flexibility index (Phi) is 5.59. The minimum atomic E-state index is -0.223. The summed E-state index contributed by atoms with van der Waals surface area (Å²) in [5, 5.41) is 0.995. The van der Waals surface area contributed by atoms with Crippen LogP contribution < -0.4 is 16.0 Å². The van der Waals surface area contributed by atoms with Crippen LogP contribution in [0.25, 0.3) is 10.9 Å². The number of rotatable bonds is 7. The topological polar surface area (TPSA) is 69.3 Å². The lowest BCUT2D eigenvalue weighted by Gasteiger charge is -2.08. The number of aromatic nitrogens is 1. The zero-order valence-corrected chi connectivity index (χ0v) is 16.0. The van der Waals surface area contributed by atoms with Crippen LogP contribution in [0.3, 0.4) is 0 Å². The van der Waals surface area contributed by atoms with Crippen molar-refractivity contribution in [3.63, 3.8) is 0 Å². The van der Waals surface area contributed by atoms with Gasteiger partial charge in [-0.05, 0) is 34.9 Å². The van der Waals surface area contributed by atoms with Crippen molar-refractivity contribution in [1.82, 2.24) is 9.99 Å². The molecule has 4 aromatic rings. The molecule has 0 aliphatic carbocycles. The summed E-state index contributed by atoms with van der Waals surface area (Å²) in [5.41, 5.74) is 6.50. The summed E-state index contributed by atoms with van der Waals surface area (Å²) in [6, 6.07) is 26.3. The van der Waals surface area contributed by atoms with Gasteiger partial charge in [-0.15, -0.1) is 0 Å². The van der Waals surface area contributed by atoms with E-state index >= 15 is 0 Å². The van der Waals surface area contributed by atoms with Crippen LogP contribution in [0, 0.1) is 0 Å². The number of hydrogen-bond donors (Lipinski definition) is 2. The van der Waals surface area contributed by atoms with Crippen LogP contribution >= 0.6 is 0 Å². The highest BCUT2D eigenvalue weighted by Crippen LogP contribution is 2.28. The fourth-order valence-electron chi connectivity index (χ4n) is 3.46. The zero-order valence-electron chi connectivity index (χ0n) is 16.0. The Balaban J connectivity index is 1.65. The third-order valence-electron chi connectivity index (χ3n) is 4.89. The normalized spacial score (nSPS) is 10.8. The second-order valence-corrected chi connectivity index (χ2v) is 6.97. The molecule has 1 amide bonds. The Morgan fingerprint density at radius 1 is 0.931 bits per heavy atom.